The number of anilines is 1. The first-order valence-corrected chi connectivity index (χ1v) is 9.90. The Morgan fingerprint density at radius 3 is 2.67 bits per heavy atom. The first-order valence-electron chi connectivity index (χ1n) is 9.52. The van der Waals surface area contributed by atoms with E-state index in [9.17, 15) is 4.79 Å². The highest BCUT2D eigenvalue weighted by atomic mass is 35.5. The van der Waals surface area contributed by atoms with Crippen molar-refractivity contribution >= 4 is 28.6 Å². The predicted molar refractivity (Wildman–Crippen MR) is 112 cm³/mol. The zero-order chi connectivity index (χ0) is 21.3. The van der Waals surface area contributed by atoms with Gasteiger partial charge in [0.05, 0.1) is 32.7 Å². The fourth-order valence-electron chi connectivity index (χ4n) is 3.73. The van der Waals surface area contributed by atoms with Gasteiger partial charge >= 0.3 is 0 Å². The number of fused-ring (bicyclic) bond motifs is 1. The van der Waals surface area contributed by atoms with Gasteiger partial charge in [0.1, 0.15) is 10.5 Å². The maximum absolute atomic E-state index is 13.2. The summed E-state index contributed by atoms with van der Waals surface area (Å²) in [4.78, 5) is 26.0. The number of hydrogen-bond donors (Lipinski definition) is 1. The van der Waals surface area contributed by atoms with Gasteiger partial charge < -0.3 is 24.5 Å². The summed E-state index contributed by atoms with van der Waals surface area (Å²) < 4.78 is 17.9. The summed E-state index contributed by atoms with van der Waals surface area (Å²) in [5.74, 6) is 1.17. The molecule has 3 aromatic heterocycles. The van der Waals surface area contributed by atoms with Gasteiger partial charge in [0.25, 0.3) is 0 Å². The highest BCUT2D eigenvalue weighted by Gasteiger charge is 2.23. The van der Waals surface area contributed by atoms with Crippen LogP contribution in [0.25, 0.3) is 11.0 Å². The molecule has 0 spiro atoms. The van der Waals surface area contributed by atoms with Crippen LogP contribution in [0.5, 0.6) is 11.5 Å². The van der Waals surface area contributed by atoms with E-state index in [-0.39, 0.29) is 27.8 Å². The molecule has 3 aromatic rings. The number of ether oxygens (including phenoxy) is 3. The Balaban J connectivity index is 1.87. The molecule has 1 fully saturated rings. The number of nitrogens with two attached hydrogens (primary N) is 1. The summed E-state index contributed by atoms with van der Waals surface area (Å²) in [6, 6.07) is 1.78. The molecule has 0 bridgehead atoms. The molecule has 0 amide bonds. The third-order valence-corrected chi connectivity index (χ3v) is 5.51. The van der Waals surface area contributed by atoms with Crippen molar-refractivity contribution in [3.05, 3.63) is 45.1 Å². The summed E-state index contributed by atoms with van der Waals surface area (Å²) in [6.07, 6.45) is 4.95. The largest absolute Gasteiger partial charge is 0.493 e. The number of nitrogens with zero attached hydrogens (tertiary/aromatic N) is 4. The van der Waals surface area contributed by atoms with Crippen LogP contribution in [-0.2, 0) is 11.3 Å². The van der Waals surface area contributed by atoms with E-state index in [2.05, 4.69) is 15.0 Å². The summed E-state index contributed by atoms with van der Waals surface area (Å²) in [6.45, 7) is 1.57. The molecule has 0 unspecified atom stereocenters. The standard InChI is InChI=1S/C20H22ClN5O4/c1-28-14-7-12(23-8-15(14)29-2)9-26-10-13(11-3-5-30-6-4-11)17(27)16-18(21)24-20(22)25-19(16)26/h7-8,10-11H,3-6,9H2,1-2H3,(H2,22,24,25). The van der Waals surface area contributed by atoms with Crippen LogP contribution in [0.1, 0.15) is 30.0 Å². The van der Waals surface area contributed by atoms with Crippen molar-refractivity contribution < 1.29 is 14.2 Å². The lowest BCUT2D eigenvalue weighted by molar-refractivity contribution is 0.0850. The van der Waals surface area contributed by atoms with Gasteiger partial charge in [0.2, 0.25) is 5.95 Å². The minimum atomic E-state index is -0.168. The van der Waals surface area contributed by atoms with Crippen molar-refractivity contribution in [2.75, 3.05) is 33.2 Å². The Morgan fingerprint density at radius 1 is 1.23 bits per heavy atom. The molecular formula is C20H22ClN5O4. The van der Waals surface area contributed by atoms with E-state index in [0.717, 1.165) is 12.8 Å². The van der Waals surface area contributed by atoms with E-state index in [4.69, 9.17) is 31.5 Å². The quantitative estimate of drug-likeness (QED) is 0.612. The van der Waals surface area contributed by atoms with Gasteiger partial charge in [0.15, 0.2) is 22.6 Å². The maximum Gasteiger partial charge on any atom is 0.223 e. The molecule has 1 aliphatic rings. The molecule has 0 saturated carbocycles. The first kappa shape index (κ1) is 20.4. The van der Waals surface area contributed by atoms with Crippen LogP contribution in [-0.4, -0.2) is 47.0 Å². The van der Waals surface area contributed by atoms with Crippen LogP contribution in [0.4, 0.5) is 5.95 Å². The van der Waals surface area contributed by atoms with E-state index in [1.807, 2.05) is 10.8 Å². The van der Waals surface area contributed by atoms with Crippen LogP contribution in [0.2, 0.25) is 5.15 Å². The Hall–Kier alpha value is -2.91. The molecule has 30 heavy (non-hydrogen) atoms. The second-order valence-corrected chi connectivity index (χ2v) is 7.39. The average molecular weight is 432 g/mol. The third kappa shape index (κ3) is 3.78. The maximum atomic E-state index is 13.2. The number of rotatable bonds is 5. The fourth-order valence-corrected chi connectivity index (χ4v) is 3.99. The molecule has 4 rings (SSSR count). The SMILES string of the molecule is COc1cnc(Cn2cc(C3CCOCC3)c(=O)c3c(Cl)nc(N)nc32)cc1OC. The smallest absolute Gasteiger partial charge is 0.223 e. The highest BCUT2D eigenvalue weighted by Crippen LogP contribution is 2.29. The van der Waals surface area contributed by atoms with E-state index < -0.39 is 0 Å². The van der Waals surface area contributed by atoms with Crippen LogP contribution in [0.15, 0.2) is 23.3 Å². The van der Waals surface area contributed by atoms with Crippen LogP contribution in [0.3, 0.4) is 0 Å². The van der Waals surface area contributed by atoms with Crippen LogP contribution >= 0.6 is 11.6 Å². The van der Waals surface area contributed by atoms with Crippen molar-refractivity contribution in [1.82, 2.24) is 19.5 Å². The lowest BCUT2D eigenvalue weighted by Gasteiger charge is -2.23. The first-order chi connectivity index (χ1) is 14.5. The molecule has 1 saturated heterocycles. The fraction of sp³-hybridized carbons (Fsp3) is 0.400. The lowest BCUT2D eigenvalue weighted by Crippen LogP contribution is -2.24. The molecule has 10 heteroatoms. The molecule has 2 N–H and O–H groups in total. The summed E-state index contributed by atoms with van der Waals surface area (Å²) in [5.41, 5.74) is 7.37. The van der Waals surface area contributed by atoms with Crippen LogP contribution in [0, 0.1) is 0 Å². The Morgan fingerprint density at radius 2 is 1.97 bits per heavy atom. The van der Waals surface area contributed by atoms with Crippen molar-refractivity contribution in [3.63, 3.8) is 0 Å². The molecule has 4 heterocycles. The molecule has 0 atom stereocenters. The topological polar surface area (TPSA) is 114 Å². The zero-order valence-electron chi connectivity index (χ0n) is 16.7. The minimum absolute atomic E-state index is 0.000243. The van der Waals surface area contributed by atoms with Gasteiger partial charge in [-0.3, -0.25) is 9.78 Å². The van der Waals surface area contributed by atoms with Crippen LogP contribution < -0.4 is 20.6 Å². The summed E-state index contributed by atoms with van der Waals surface area (Å²) >= 11 is 6.32. The number of methoxy groups -OCH3 is 2. The normalized spacial score (nSPS) is 14.8. The lowest BCUT2D eigenvalue weighted by atomic mass is 9.92. The molecule has 9 nitrogen and oxygen atoms in total. The van der Waals surface area contributed by atoms with Gasteiger partial charge in [-0.25, -0.2) is 4.98 Å². The number of halogens is 1. The minimum Gasteiger partial charge on any atom is -0.493 e. The molecule has 0 aliphatic carbocycles. The number of pyridine rings is 2. The average Bonchev–Trinajstić information content (AvgIpc) is 2.75. The molecule has 1 aliphatic heterocycles. The van der Waals surface area contributed by atoms with E-state index in [0.29, 0.717) is 48.2 Å². The molecule has 0 aromatic carbocycles. The summed E-state index contributed by atoms with van der Waals surface area (Å²) in [7, 11) is 3.11. The van der Waals surface area contributed by atoms with Crippen molar-refractivity contribution in [2.24, 2.45) is 0 Å². The monoisotopic (exact) mass is 431 g/mol. The molecule has 158 valence electrons. The van der Waals surface area contributed by atoms with Gasteiger partial charge in [-0.15, -0.1) is 0 Å². The summed E-state index contributed by atoms with van der Waals surface area (Å²) in [5, 5.41) is 0.306. The van der Waals surface area contributed by atoms with Crippen molar-refractivity contribution in [3.8, 4) is 11.5 Å². The Bertz CT molecular complexity index is 1140. The third-order valence-electron chi connectivity index (χ3n) is 5.24. The van der Waals surface area contributed by atoms with Gasteiger partial charge in [0, 0.05) is 31.0 Å². The van der Waals surface area contributed by atoms with E-state index in [1.165, 1.54) is 0 Å². The zero-order valence-corrected chi connectivity index (χ0v) is 17.5. The van der Waals surface area contributed by atoms with E-state index in [1.54, 1.807) is 26.5 Å². The number of nitrogen functional groups attached to an aromatic ring is 1. The van der Waals surface area contributed by atoms with Gasteiger partial charge in [-0.05, 0) is 18.8 Å². The van der Waals surface area contributed by atoms with Gasteiger partial charge in [-0.1, -0.05) is 11.6 Å². The van der Waals surface area contributed by atoms with Crippen molar-refractivity contribution in [2.45, 2.75) is 25.3 Å². The second kappa shape index (κ2) is 8.45. The molecule has 0 radical (unpaired) electrons. The Labute approximate surface area is 177 Å². The highest BCUT2D eigenvalue weighted by molar-refractivity contribution is 6.34. The second-order valence-electron chi connectivity index (χ2n) is 7.03. The van der Waals surface area contributed by atoms with E-state index >= 15 is 0 Å². The van der Waals surface area contributed by atoms with Crippen molar-refractivity contribution in [1.29, 1.82) is 0 Å². The molecular weight excluding hydrogens is 410 g/mol. The Kier molecular flexibility index (Phi) is 5.74. The number of hydrogen-bond acceptors (Lipinski definition) is 8. The van der Waals surface area contributed by atoms with Gasteiger partial charge in [-0.2, -0.15) is 4.98 Å². The number of aromatic nitrogens is 4. The predicted octanol–water partition coefficient (Wildman–Crippen LogP) is 2.38.